The number of alkyl carbamates (subject to hydrolysis) is 1. The third kappa shape index (κ3) is 9.73. The van der Waals surface area contributed by atoms with Gasteiger partial charge in [0.15, 0.2) is 0 Å². The summed E-state index contributed by atoms with van der Waals surface area (Å²) in [6.45, 7) is 5.82. The van der Waals surface area contributed by atoms with Gasteiger partial charge in [0.1, 0.15) is 38.2 Å². The average Bonchev–Trinajstić information content (AvgIpc) is 4.12. The van der Waals surface area contributed by atoms with Crippen molar-refractivity contribution in [2.75, 3.05) is 6.54 Å². The number of alkyl halides is 1. The minimum Gasteiger partial charge on any atom is -0.459 e. The second kappa shape index (κ2) is 18.5. The van der Waals surface area contributed by atoms with Gasteiger partial charge in [-0.1, -0.05) is 84.0 Å². The van der Waals surface area contributed by atoms with E-state index in [1.54, 1.807) is 18.3 Å². The van der Waals surface area contributed by atoms with Crippen molar-refractivity contribution in [2.24, 2.45) is 23.5 Å². The summed E-state index contributed by atoms with van der Waals surface area (Å²) in [5, 5.41) is 5.72. The number of nitrogens with two attached hydrogens (primary N) is 1. The molecule has 9 rings (SSSR count). The number of benzene rings is 2. The van der Waals surface area contributed by atoms with Crippen molar-refractivity contribution >= 4 is 78.8 Å². The Balaban J connectivity index is 0.846. The number of nitrogens with zero attached hydrogens (tertiary/aromatic N) is 4. The standard InChI is InChI=1S/C48H58IN7O8S2/c1-28(2)56-38-18-12-16-35(42-51-37(27-65-42)29-13-8-7-9-14-29)40(38)53-45(56)63-34-24-39(41(50)57)55(26-34)43(58)36(52-46(60)64-33-22-30-21-31(30)23-33)17-11-6-4-5-10-15-32-25-48(32,49)44(59)54-66(61,62)47(3)19-20-47/h7-10,12-16,18,27-28,30-34,36,39H,4-6,11,17,19-26H2,1-3H3,(H2,50,57)(H,52,60)(H,54,59)/b15-10-/t30-,31+,32-,33+,34-,36+,39+,48-/m1/s1. The SMILES string of the molecule is CC(C)n1c(O[C@@H]2C[C@@H](C(N)=O)N(C(=O)[C@H](CCCCC/C=C\[C@@H]3C[C@]3(I)C(=O)NS(=O)(=O)C3(C)CC3)NC(=O)O[C@@H]3C[C@@H]4C[C@@H]4C3)C2)nc2c(-c3nc(-c4ccccc4)cs3)cccc21. The maximum absolute atomic E-state index is 14.5. The second-order valence-electron chi connectivity index (χ2n) is 19.4. The van der Waals surface area contributed by atoms with Crippen LogP contribution < -0.4 is 20.5 Å². The molecule has 3 heterocycles. The van der Waals surface area contributed by atoms with E-state index in [1.165, 1.54) is 11.3 Å². The number of halogens is 1. The molecule has 4 amide bonds. The Labute approximate surface area is 403 Å². The third-order valence-electron chi connectivity index (χ3n) is 14.1. The molecule has 0 unspecified atom stereocenters. The normalized spacial score (nSPS) is 26.6. The van der Waals surface area contributed by atoms with Crippen LogP contribution in [0.15, 0.2) is 66.1 Å². The van der Waals surface area contributed by atoms with E-state index in [4.69, 9.17) is 25.2 Å². The van der Waals surface area contributed by atoms with Gasteiger partial charge in [0, 0.05) is 34.9 Å². The Bertz CT molecular complexity index is 2640. The monoisotopic (exact) mass is 1050 g/mol. The lowest BCUT2D eigenvalue weighted by atomic mass is 10.0. The highest BCUT2D eigenvalue weighted by Gasteiger charge is 2.60. The van der Waals surface area contributed by atoms with Crippen LogP contribution in [0, 0.1) is 17.8 Å². The number of rotatable bonds is 19. The van der Waals surface area contributed by atoms with Crippen LogP contribution in [-0.2, 0) is 29.1 Å². The van der Waals surface area contributed by atoms with Gasteiger partial charge in [0.25, 0.3) is 6.01 Å². The highest BCUT2D eigenvalue weighted by Crippen LogP contribution is 2.54. The molecule has 4 N–H and O–H groups in total. The predicted molar refractivity (Wildman–Crippen MR) is 260 cm³/mol. The van der Waals surface area contributed by atoms with Crippen LogP contribution in [0.2, 0.25) is 0 Å². The summed E-state index contributed by atoms with van der Waals surface area (Å²) in [5.74, 6) is -0.361. The van der Waals surface area contributed by atoms with E-state index in [-0.39, 0.29) is 31.0 Å². The molecule has 4 aromatic rings. The van der Waals surface area contributed by atoms with Gasteiger partial charge in [0.05, 0.1) is 22.5 Å². The fourth-order valence-electron chi connectivity index (χ4n) is 9.64. The lowest BCUT2D eigenvalue weighted by molar-refractivity contribution is -0.139. The summed E-state index contributed by atoms with van der Waals surface area (Å²) in [6.07, 6.45) is 10.5. The van der Waals surface area contributed by atoms with Crippen molar-refractivity contribution in [2.45, 2.75) is 136 Å². The lowest BCUT2D eigenvalue weighted by Crippen LogP contribution is -2.53. The number of imidazole rings is 1. The molecule has 5 aliphatic rings. The van der Waals surface area contributed by atoms with Gasteiger partial charge < -0.3 is 25.4 Å². The summed E-state index contributed by atoms with van der Waals surface area (Å²) in [5.41, 5.74) is 10.3. The maximum Gasteiger partial charge on any atom is 0.408 e. The molecular formula is C48H58IN7O8S2. The first-order chi connectivity index (χ1) is 31.5. The second-order valence-corrected chi connectivity index (χ2v) is 24.4. The number of unbranched alkanes of at least 4 members (excludes halogenated alkanes) is 3. The number of nitrogens with one attached hydrogen (secondary N) is 2. The molecule has 4 aliphatic carbocycles. The lowest BCUT2D eigenvalue weighted by Gasteiger charge is -2.28. The van der Waals surface area contributed by atoms with Crippen LogP contribution in [0.4, 0.5) is 4.79 Å². The molecule has 5 fully saturated rings. The van der Waals surface area contributed by atoms with Gasteiger partial charge in [-0.2, -0.15) is 4.98 Å². The number of likely N-dealkylation sites (tertiary alicyclic amines) is 1. The van der Waals surface area contributed by atoms with E-state index in [2.05, 4.69) is 32.6 Å². The van der Waals surface area contributed by atoms with Crippen LogP contribution in [0.5, 0.6) is 6.01 Å². The van der Waals surface area contributed by atoms with Gasteiger partial charge in [-0.25, -0.2) is 18.2 Å². The first-order valence-corrected chi connectivity index (χ1v) is 26.7. The van der Waals surface area contributed by atoms with E-state index < -0.39 is 60.2 Å². The van der Waals surface area contributed by atoms with E-state index in [0.717, 1.165) is 65.0 Å². The number of para-hydroxylation sites is 1. The Hall–Kier alpha value is -4.56. The minimum atomic E-state index is -3.69. The quantitative estimate of drug-likeness (QED) is 0.0359. The van der Waals surface area contributed by atoms with Crippen LogP contribution >= 0.6 is 33.9 Å². The number of primary amides is 1. The van der Waals surface area contributed by atoms with Crippen molar-refractivity contribution in [1.29, 1.82) is 0 Å². The Morgan fingerprint density at radius 2 is 1.74 bits per heavy atom. The summed E-state index contributed by atoms with van der Waals surface area (Å²) in [4.78, 5) is 65.2. The predicted octanol–water partition coefficient (Wildman–Crippen LogP) is 7.83. The first-order valence-electron chi connectivity index (χ1n) is 23.2. The summed E-state index contributed by atoms with van der Waals surface area (Å²) in [7, 11) is -3.69. The van der Waals surface area contributed by atoms with Crippen LogP contribution in [0.1, 0.15) is 104 Å². The number of fused-ring (bicyclic) bond motifs is 2. The van der Waals surface area contributed by atoms with Gasteiger partial charge in [-0.05, 0) is 103 Å². The Morgan fingerprint density at radius 3 is 2.45 bits per heavy atom. The van der Waals surface area contributed by atoms with Gasteiger partial charge in [-0.3, -0.25) is 23.7 Å². The van der Waals surface area contributed by atoms with Gasteiger partial charge in [0.2, 0.25) is 27.7 Å². The molecular weight excluding hydrogens is 994 g/mol. The zero-order chi connectivity index (χ0) is 46.5. The molecule has 0 radical (unpaired) electrons. The smallest absolute Gasteiger partial charge is 0.408 e. The molecule has 66 heavy (non-hydrogen) atoms. The number of amides is 4. The van der Waals surface area contributed by atoms with Crippen molar-refractivity contribution in [3.63, 3.8) is 0 Å². The molecule has 8 atom stereocenters. The summed E-state index contributed by atoms with van der Waals surface area (Å²) in [6, 6.07) is 14.4. The number of thiazole rings is 1. The number of hydrogen-bond donors (Lipinski definition) is 3. The highest BCUT2D eigenvalue weighted by atomic mass is 127. The molecule has 18 heteroatoms. The summed E-state index contributed by atoms with van der Waals surface area (Å²) >= 11 is 3.61. The third-order valence-corrected chi connectivity index (χ3v) is 18.9. The fourth-order valence-corrected chi connectivity index (χ4v) is 12.8. The van der Waals surface area contributed by atoms with Crippen molar-refractivity contribution in [1.82, 2.24) is 29.5 Å². The van der Waals surface area contributed by atoms with Crippen molar-refractivity contribution < 1.29 is 37.1 Å². The van der Waals surface area contributed by atoms with Crippen LogP contribution in [0.25, 0.3) is 32.9 Å². The molecule has 2 aromatic carbocycles. The Kier molecular flexibility index (Phi) is 13.0. The number of carbonyl (C=O) groups excluding carboxylic acids is 4. The number of allylic oxidation sites excluding steroid dienone is 2. The molecule has 1 saturated heterocycles. The number of aromatic nitrogens is 3. The van der Waals surface area contributed by atoms with Gasteiger partial charge >= 0.3 is 6.09 Å². The Morgan fingerprint density at radius 1 is 0.985 bits per heavy atom. The minimum absolute atomic E-state index is 0.0371. The van der Waals surface area contributed by atoms with Crippen LogP contribution in [-0.4, -0.2) is 90.7 Å². The first kappa shape index (κ1) is 46.5. The number of sulfonamides is 1. The van der Waals surface area contributed by atoms with Crippen molar-refractivity contribution in [3.05, 3.63) is 66.1 Å². The molecule has 2 aromatic heterocycles. The molecule has 352 valence electrons. The molecule has 0 spiro atoms. The van der Waals surface area contributed by atoms with Crippen molar-refractivity contribution in [3.8, 4) is 27.8 Å². The van der Waals surface area contributed by atoms with Crippen LogP contribution in [0.3, 0.4) is 0 Å². The van der Waals surface area contributed by atoms with E-state index >= 15 is 0 Å². The zero-order valence-electron chi connectivity index (χ0n) is 37.5. The molecule has 1 aliphatic heterocycles. The van der Waals surface area contributed by atoms with E-state index in [9.17, 15) is 27.6 Å². The summed E-state index contributed by atoms with van der Waals surface area (Å²) < 4.78 is 40.4. The fraction of sp³-hybridized carbons (Fsp3) is 0.542. The topological polar surface area (TPSA) is 205 Å². The molecule has 0 bridgehead atoms. The number of carbonyl (C=O) groups is 4. The average molecular weight is 1050 g/mol. The number of hydrogen-bond acceptors (Lipinski definition) is 11. The van der Waals surface area contributed by atoms with Gasteiger partial charge in [-0.15, -0.1) is 11.3 Å². The highest BCUT2D eigenvalue weighted by molar-refractivity contribution is 14.1. The largest absolute Gasteiger partial charge is 0.459 e. The van der Waals surface area contributed by atoms with E-state index in [0.29, 0.717) is 50.0 Å². The van der Waals surface area contributed by atoms with E-state index in [1.807, 2.05) is 84.5 Å². The molecule has 15 nitrogen and oxygen atoms in total. The number of ether oxygens (including phenoxy) is 2. The zero-order valence-corrected chi connectivity index (χ0v) is 41.3. The maximum atomic E-state index is 14.5. The molecule has 4 saturated carbocycles.